The molecule has 2 aromatic rings. The molecule has 5 nitrogen and oxygen atoms in total. The first-order valence-electron chi connectivity index (χ1n) is 7.18. The van der Waals surface area contributed by atoms with Crippen molar-refractivity contribution in [2.45, 2.75) is 32.3 Å². The van der Waals surface area contributed by atoms with Crippen LogP contribution in [0, 0.1) is 6.92 Å². The van der Waals surface area contributed by atoms with E-state index in [0.717, 1.165) is 11.1 Å². The fraction of sp³-hybridized carbons (Fsp3) is 0.375. The molecule has 1 atom stereocenters. The summed E-state index contributed by atoms with van der Waals surface area (Å²) in [6.45, 7) is 2.21. The normalized spacial score (nSPS) is 12.1. The molecule has 6 heteroatoms. The van der Waals surface area contributed by atoms with E-state index in [4.69, 9.17) is 16.1 Å². The smallest absolute Gasteiger partial charge is 0.229 e. The Kier molecular flexibility index (Phi) is 5.98. The number of benzene rings is 1. The van der Waals surface area contributed by atoms with E-state index in [1.54, 1.807) is 6.92 Å². The van der Waals surface area contributed by atoms with Crippen LogP contribution in [0.3, 0.4) is 0 Å². The Labute approximate surface area is 134 Å². The minimum Gasteiger partial charge on any atom is -0.388 e. The van der Waals surface area contributed by atoms with Crippen LogP contribution in [-0.4, -0.2) is 22.7 Å². The van der Waals surface area contributed by atoms with Crippen molar-refractivity contribution in [1.82, 2.24) is 10.5 Å². The second-order valence-corrected chi connectivity index (χ2v) is 5.43. The molecule has 0 radical (unpaired) electrons. The minimum absolute atomic E-state index is 0.0862. The summed E-state index contributed by atoms with van der Waals surface area (Å²) < 4.78 is 4.84. The molecule has 1 heterocycles. The molecule has 22 heavy (non-hydrogen) atoms. The van der Waals surface area contributed by atoms with E-state index in [2.05, 4.69) is 10.5 Å². The summed E-state index contributed by atoms with van der Waals surface area (Å²) in [6, 6.07) is 9.38. The van der Waals surface area contributed by atoms with Gasteiger partial charge >= 0.3 is 0 Å². The Morgan fingerprint density at radius 2 is 2.14 bits per heavy atom. The third kappa shape index (κ3) is 4.58. The molecule has 1 unspecified atom stereocenters. The fourth-order valence-corrected chi connectivity index (χ4v) is 2.42. The third-order valence-electron chi connectivity index (χ3n) is 3.46. The van der Waals surface area contributed by atoms with E-state index in [1.807, 2.05) is 30.3 Å². The Bertz CT molecular complexity index is 594. The first kappa shape index (κ1) is 16.5. The molecular weight excluding hydrogens is 304 g/mol. The minimum atomic E-state index is -0.573. The molecule has 2 rings (SSSR count). The van der Waals surface area contributed by atoms with Crippen molar-refractivity contribution in [3.8, 4) is 0 Å². The van der Waals surface area contributed by atoms with Crippen molar-refractivity contribution in [1.29, 1.82) is 0 Å². The van der Waals surface area contributed by atoms with Crippen LogP contribution in [0.1, 0.15) is 35.8 Å². The molecule has 2 N–H and O–H groups in total. The number of hydrogen-bond donors (Lipinski definition) is 2. The van der Waals surface area contributed by atoms with Crippen LogP contribution in [0.15, 0.2) is 34.9 Å². The van der Waals surface area contributed by atoms with Gasteiger partial charge < -0.3 is 14.9 Å². The number of aryl methyl sites for hydroxylation is 1. The van der Waals surface area contributed by atoms with Gasteiger partial charge in [0.25, 0.3) is 0 Å². The molecule has 0 saturated heterocycles. The molecule has 0 aliphatic heterocycles. The van der Waals surface area contributed by atoms with Crippen molar-refractivity contribution in [3.05, 3.63) is 52.4 Å². The van der Waals surface area contributed by atoms with Crippen molar-refractivity contribution >= 4 is 17.5 Å². The average molecular weight is 323 g/mol. The molecule has 0 aliphatic rings. The zero-order chi connectivity index (χ0) is 15.9. The van der Waals surface area contributed by atoms with E-state index in [0.29, 0.717) is 31.5 Å². The van der Waals surface area contributed by atoms with Gasteiger partial charge in [0, 0.05) is 18.5 Å². The lowest BCUT2D eigenvalue weighted by molar-refractivity contribution is -0.121. The Balaban J connectivity index is 1.70. The van der Waals surface area contributed by atoms with Crippen molar-refractivity contribution in [2.75, 3.05) is 6.54 Å². The Morgan fingerprint density at radius 1 is 1.41 bits per heavy atom. The molecule has 1 aromatic carbocycles. The third-order valence-corrected chi connectivity index (χ3v) is 3.76. The molecule has 118 valence electrons. The molecular formula is C16H19ClN2O3. The number of amides is 1. The Morgan fingerprint density at radius 3 is 2.77 bits per heavy atom. The van der Waals surface area contributed by atoms with Gasteiger partial charge in [0.05, 0.1) is 11.8 Å². The van der Waals surface area contributed by atoms with Crippen LogP contribution in [0.5, 0.6) is 0 Å². The van der Waals surface area contributed by atoms with E-state index >= 15 is 0 Å². The first-order chi connectivity index (χ1) is 10.6. The molecule has 0 fully saturated rings. The summed E-state index contributed by atoms with van der Waals surface area (Å²) in [6.07, 6.45) is 0.698. The van der Waals surface area contributed by atoms with Crippen molar-refractivity contribution in [3.63, 3.8) is 0 Å². The van der Waals surface area contributed by atoms with Crippen molar-refractivity contribution in [2.24, 2.45) is 0 Å². The van der Waals surface area contributed by atoms with Gasteiger partial charge in [-0.05, 0) is 36.9 Å². The number of hydrogen-bond acceptors (Lipinski definition) is 4. The second kappa shape index (κ2) is 7.96. The largest absolute Gasteiger partial charge is 0.388 e. The van der Waals surface area contributed by atoms with Crippen LogP contribution >= 0.6 is 11.6 Å². The first-order valence-corrected chi connectivity index (χ1v) is 7.56. The van der Waals surface area contributed by atoms with Crippen LogP contribution in [0.2, 0.25) is 5.22 Å². The highest BCUT2D eigenvalue weighted by molar-refractivity contribution is 6.29. The quantitative estimate of drug-likeness (QED) is 0.822. The number of aliphatic hydroxyl groups excluding tert-OH is 1. The SMILES string of the molecule is Cc1noc(Cl)c1CCC(=O)NCCC(O)c1ccccc1. The number of carbonyl (C=O) groups is 1. The lowest BCUT2D eigenvalue weighted by atomic mass is 10.1. The second-order valence-electron chi connectivity index (χ2n) is 5.09. The number of aromatic nitrogens is 1. The maximum atomic E-state index is 11.8. The number of nitrogens with zero attached hydrogens (tertiary/aromatic N) is 1. The standard InChI is InChI=1S/C16H19ClN2O3/c1-11-13(16(17)22-19-11)7-8-15(21)18-10-9-14(20)12-5-3-2-4-6-12/h2-6,14,20H,7-10H2,1H3,(H,18,21). The van der Waals surface area contributed by atoms with Crippen LogP contribution in [0.25, 0.3) is 0 Å². The number of carbonyl (C=O) groups excluding carboxylic acids is 1. The number of rotatable bonds is 7. The predicted octanol–water partition coefficient (Wildman–Crippen LogP) is 2.81. The van der Waals surface area contributed by atoms with Gasteiger partial charge in [-0.15, -0.1) is 0 Å². The van der Waals surface area contributed by atoms with Gasteiger partial charge in [-0.1, -0.05) is 35.5 Å². The molecule has 0 saturated carbocycles. The van der Waals surface area contributed by atoms with Gasteiger partial charge in [0.15, 0.2) is 0 Å². The molecule has 1 amide bonds. The van der Waals surface area contributed by atoms with Crippen molar-refractivity contribution < 1.29 is 14.4 Å². The monoisotopic (exact) mass is 322 g/mol. The summed E-state index contributed by atoms with van der Waals surface area (Å²) in [7, 11) is 0. The highest BCUT2D eigenvalue weighted by atomic mass is 35.5. The zero-order valence-corrected chi connectivity index (χ0v) is 13.1. The maximum absolute atomic E-state index is 11.8. The average Bonchev–Trinajstić information content (AvgIpc) is 2.84. The van der Waals surface area contributed by atoms with Gasteiger partial charge in [0.2, 0.25) is 11.1 Å². The highest BCUT2D eigenvalue weighted by Crippen LogP contribution is 2.20. The lowest BCUT2D eigenvalue weighted by Crippen LogP contribution is -2.25. The molecule has 1 aromatic heterocycles. The summed E-state index contributed by atoms with van der Waals surface area (Å²) in [5, 5.41) is 16.8. The van der Waals surface area contributed by atoms with E-state index in [1.165, 1.54) is 0 Å². The van der Waals surface area contributed by atoms with Crippen LogP contribution in [-0.2, 0) is 11.2 Å². The summed E-state index contributed by atoms with van der Waals surface area (Å²) in [4.78, 5) is 11.8. The molecule has 0 spiro atoms. The number of halogens is 1. The fourth-order valence-electron chi connectivity index (χ4n) is 2.16. The van der Waals surface area contributed by atoms with Gasteiger partial charge in [-0.25, -0.2) is 0 Å². The van der Waals surface area contributed by atoms with Gasteiger partial charge in [0.1, 0.15) is 0 Å². The maximum Gasteiger partial charge on any atom is 0.229 e. The van der Waals surface area contributed by atoms with Gasteiger partial charge in [-0.3, -0.25) is 4.79 Å². The van der Waals surface area contributed by atoms with Gasteiger partial charge in [-0.2, -0.15) is 0 Å². The zero-order valence-electron chi connectivity index (χ0n) is 12.4. The molecule has 0 bridgehead atoms. The predicted molar refractivity (Wildman–Crippen MR) is 83.6 cm³/mol. The topological polar surface area (TPSA) is 75.4 Å². The summed E-state index contributed by atoms with van der Waals surface area (Å²) >= 11 is 5.85. The van der Waals surface area contributed by atoms with E-state index < -0.39 is 6.10 Å². The number of aliphatic hydroxyl groups is 1. The Hall–Kier alpha value is -1.85. The van der Waals surface area contributed by atoms with Crippen LogP contribution in [0.4, 0.5) is 0 Å². The summed E-state index contributed by atoms with van der Waals surface area (Å²) in [5.74, 6) is -0.0862. The van der Waals surface area contributed by atoms with Crippen LogP contribution < -0.4 is 5.32 Å². The number of nitrogens with one attached hydrogen (secondary N) is 1. The summed E-state index contributed by atoms with van der Waals surface area (Å²) in [5.41, 5.74) is 2.32. The lowest BCUT2D eigenvalue weighted by Gasteiger charge is -2.11. The highest BCUT2D eigenvalue weighted by Gasteiger charge is 2.13. The van der Waals surface area contributed by atoms with E-state index in [-0.39, 0.29) is 11.1 Å². The van der Waals surface area contributed by atoms with E-state index in [9.17, 15) is 9.90 Å². The molecule has 0 aliphatic carbocycles.